The minimum absolute atomic E-state index is 0.0124. The second-order valence-electron chi connectivity index (χ2n) is 10.6. The Labute approximate surface area is 302 Å². The second kappa shape index (κ2) is 18.2. The molecule has 0 radical (unpaired) electrons. The molecule has 0 saturated carbocycles. The Kier molecular flexibility index (Phi) is 14.0. The van der Waals surface area contributed by atoms with Gasteiger partial charge in [0.1, 0.15) is 0 Å². The van der Waals surface area contributed by atoms with Crippen LogP contribution in [0.4, 0.5) is 5.69 Å². The van der Waals surface area contributed by atoms with Crippen LogP contribution < -0.4 is 29.0 Å². The van der Waals surface area contributed by atoms with Crippen molar-refractivity contribution < 1.29 is 42.1 Å². The van der Waals surface area contributed by atoms with E-state index in [2.05, 4.69) is 5.32 Å². The summed E-state index contributed by atoms with van der Waals surface area (Å²) in [4.78, 5) is 13.1. The molecule has 10 nitrogen and oxygen atoms in total. The molecule has 0 saturated heterocycles. The van der Waals surface area contributed by atoms with Gasteiger partial charge in [0.25, 0.3) is 0 Å². The molecule has 0 fully saturated rings. The van der Waals surface area contributed by atoms with Crippen LogP contribution >= 0.6 is 30.8 Å². The van der Waals surface area contributed by atoms with Gasteiger partial charge in [0.2, 0.25) is 5.75 Å². The van der Waals surface area contributed by atoms with E-state index in [-0.39, 0.29) is 25.4 Å². The van der Waals surface area contributed by atoms with E-state index in [1.807, 2.05) is 30.4 Å². The largest absolute Gasteiger partial charge is 0.493 e. The van der Waals surface area contributed by atoms with Gasteiger partial charge in [-0.15, -0.1) is 0 Å². The van der Waals surface area contributed by atoms with Crippen molar-refractivity contribution in [2.75, 3.05) is 47.0 Å². The number of carbonyl (C=O) groups excluding carboxylic acids is 1. The summed E-state index contributed by atoms with van der Waals surface area (Å²) in [6.45, 7) is 3.83. The Bertz CT molecular complexity index is 1810. The molecular formula is C37H40Cl2NO9P. The molecule has 4 rings (SSSR count). The van der Waals surface area contributed by atoms with Gasteiger partial charge in [0.05, 0.1) is 58.1 Å². The van der Waals surface area contributed by atoms with Crippen molar-refractivity contribution in [3.05, 3.63) is 105 Å². The summed E-state index contributed by atoms with van der Waals surface area (Å²) in [5.41, 5.74) is 3.47. The third kappa shape index (κ3) is 9.74. The van der Waals surface area contributed by atoms with Gasteiger partial charge < -0.3 is 38.0 Å². The van der Waals surface area contributed by atoms with Gasteiger partial charge in [-0.25, -0.2) is 0 Å². The maximum Gasteiger partial charge on any atom is 0.357 e. The van der Waals surface area contributed by atoms with Gasteiger partial charge in [0, 0.05) is 5.69 Å². The predicted octanol–water partition coefficient (Wildman–Crippen LogP) is 9.72. The van der Waals surface area contributed by atoms with E-state index < -0.39 is 19.3 Å². The zero-order valence-electron chi connectivity index (χ0n) is 28.7. The van der Waals surface area contributed by atoms with Crippen molar-refractivity contribution in [2.24, 2.45) is 0 Å². The molecule has 50 heavy (non-hydrogen) atoms. The summed E-state index contributed by atoms with van der Waals surface area (Å²) in [6.07, 6.45) is 3.73. The molecule has 0 spiro atoms. The molecule has 0 bridgehead atoms. The molecule has 1 N–H and O–H groups in total. The van der Waals surface area contributed by atoms with Crippen molar-refractivity contribution >= 4 is 54.6 Å². The van der Waals surface area contributed by atoms with Crippen LogP contribution in [-0.2, 0) is 24.8 Å². The normalized spacial score (nSPS) is 12.0. The summed E-state index contributed by atoms with van der Waals surface area (Å²) >= 11 is 12.4. The molecule has 0 aliphatic carbocycles. The lowest BCUT2D eigenvalue weighted by molar-refractivity contribution is -0.133. The maximum atomic E-state index is 13.9. The molecule has 0 aliphatic heterocycles. The highest BCUT2D eigenvalue weighted by Gasteiger charge is 2.37. The molecule has 13 heteroatoms. The molecule has 0 heterocycles. The first-order valence-electron chi connectivity index (χ1n) is 15.6. The van der Waals surface area contributed by atoms with Gasteiger partial charge in [-0.2, -0.15) is 0 Å². The van der Waals surface area contributed by atoms with Gasteiger partial charge in [-0.1, -0.05) is 59.6 Å². The van der Waals surface area contributed by atoms with Crippen LogP contribution in [0.15, 0.2) is 72.8 Å². The van der Waals surface area contributed by atoms with E-state index in [0.717, 1.165) is 11.1 Å². The highest BCUT2D eigenvalue weighted by atomic mass is 35.5. The van der Waals surface area contributed by atoms with Crippen molar-refractivity contribution in [1.29, 1.82) is 0 Å². The van der Waals surface area contributed by atoms with Crippen LogP contribution in [-0.4, -0.2) is 47.6 Å². The Hall–Kier alpha value is -4.18. The Morgan fingerprint density at radius 3 is 1.88 bits per heavy atom. The monoisotopic (exact) mass is 743 g/mol. The zero-order valence-corrected chi connectivity index (χ0v) is 31.1. The first kappa shape index (κ1) is 38.6. The Morgan fingerprint density at radius 1 is 0.720 bits per heavy atom. The number of hydrogen-bond acceptors (Lipinski definition) is 10. The van der Waals surface area contributed by atoms with E-state index in [1.54, 1.807) is 89.8 Å². The molecule has 0 amide bonds. The molecule has 4 aromatic rings. The van der Waals surface area contributed by atoms with Gasteiger partial charge in [0.15, 0.2) is 28.8 Å². The number of rotatable bonds is 17. The minimum Gasteiger partial charge on any atom is -0.493 e. The van der Waals surface area contributed by atoms with Crippen molar-refractivity contribution in [3.8, 4) is 28.7 Å². The standard InChI is InChI=1S/C37H40Cl2NO9P/c1-7-47-50(42,48-8-2)37(27-14-17-29(38)30(39)23-27)40-28-15-11-25(12-16-28)22-35(41)49-32-19-24(13-18-31(32)43-3)9-10-26-20-33(44-4)36(46-6)34(21-26)45-5/h9-21,23,37,40H,7-8,22H2,1-6H3/b10-9-. The van der Waals surface area contributed by atoms with Crippen molar-refractivity contribution in [1.82, 2.24) is 0 Å². The number of esters is 1. The maximum absolute atomic E-state index is 13.9. The number of anilines is 1. The fourth-order valence-corrected chi connectivity index (χ4v) is 7.27. The smallest absolute Gasteiger partial charge is 0.357 e. The summed E-state index contributed by atoms with van der Waals surface area (Å²) in [6, 6.07) is 21.0. The van der Waals surface area contributed by atoms with E-state index in [0.29, 0.717) is 49.9 Å². The predicted molar refractivity (Wildman–Crippen MR) is 197 cm³/mol. The lowest BCUT2D eigenvalue weighted by atomic mass is 10.1. The molecule has 4 aromatic carbocycles. The third-order valence-corrected chi connectivity index (χ3v) is 10.4. The van der Waals surface area contributed by atoms with E-state index in [4.69, 9.17) is 55.9 Å². The molecular weight excluding hydrogens is 704 g/mol. The minimum atomic E-state index is -3.69. The fourth-order valence-electron chi connectivity index (χ4n) is 5.04. The molecule has 0 aromatic heterocycles. The number of halogens is 2. The lowest BCUT2D eigenvalue weighted by Crippen LogP contribution is -2.15. The fraction of sp³-hybridized carbons (Fsp3) is 0.270. The highest BCUT2D eigenvalue weighted by Crippen LogP contribution is 2.61. The average Bonchev–Trinajstić information content (AvgIpc) is 3.11. The van der Waals surface area contributed by atoms with Gasteiger partial charge >= 0.3 is 13.6 Å². The SMILES string of the molecule is CCOP(=O)(OCC)C(Nc1ccc(CC(=O)Oc2cc(/C=C\c3cc(OC)c(OC)c(OC)c3)ccc2OC)cc1)c1ccc(Cl)c(Cl)c1. The zero-order chi connectivity index (χ0) is 36.3. The van der Waals surface area contributed by atoms with E-state index in [1.165, 1.54) is 7.11 Å². The van der Waals surface area contributed by atoms with Gasteiger partial charge in [-0.05, 0) is 84.6 Å². The highest BCUT2D eigenvalue weighted by molar-refractivity contribution is 7.54. The summed E-state index contributed by atoms with van der Waals surface area (Å²) < 4.78 is 52.7. The van der Waals surface area contributed by atoms with Crippen LogP contribution in [0, 0.1) is 0 Å². The average molecular weight is 745 g/mol. The number of carbonyl (C=O) groups is 1. The first-order valence-corrected chi connectivity index (χ1v) is 18.0. The van der Waals surface area contributed by atoms with Crippen LogP contribution in [0.5, 0.6) is 28.7 Å². The third-order valence-electron chi connectivity index (χ3n) is 7.37. The first-order chi connectivity index (χ1) is 24.1. The Morgan fingerprint density at radius 2 is 1.32 bits per heavy atom. The van der Waals surface area contributed by atoms with Crippen LogP contribution in [0.1, 0.15) is 41.9 Å². The molecule has 266 valence electrons. The quantitative estimate of drug-likeness (QED) is 0.0486. The second-order valence-corrected chi connectivity index (χ2v) is 13.6. The van der Waals surface area contributed by atoms with Gasteiger partial charge in [-0.3, -0.25) is 9.36 Å². The molecule has 1 unspecified atom stereocenters. The number of methoxy groups -OCH3 is 4. The summed E-state index contributed by atoms with van der Waals surface area (Å²) in [7, 11) is 2.47. The Balaban J connectivity index is 1.49. The number of benzene rings is 4. The topological polar surface area (TPSA) is 111 Å². The van der Waals surface area contributed by atoms with E-state index in [9.17, 15) is 9.36 Å². The lowest BCUT2D eigenvalue weighted by Gasteiger charge is -2.28. The summed E-state index contributed by atoms with van der Waals surface area (Å²) in [5.74, 6) is 0.873. The van der Waals surface area contributed by atoms with Crippen LogP contribution in [0.25, 0.3) is 12.2 Å². The molecule has 1 atom stereocenters. The molecule has 0 aliphatic rings. The van der Waals surface area contributed by atoms with Crippen LogP contribution in [0.2, 0.25) is 10.0 Å². The number of nitrogens with one attached hydrogen (secondary N) is 1. The van der Waals surface area contributed by atoms with E-state index >= 15 is 0 Å². The number of hydrogen-bond donors (Lipinski definition) is 1. The number of ether oxygens (including phenoxy) is 5. The van der Waals surface area contributed by atoms with Crippen LogP contribution in [0.3, 0.4) is 0 Å². The summed E-state index contributed by atoms with van der Waals surface area (Å²) in [5, 5.41) is 3.93. The van der Waals surface area contributed by atoms with Crippen molar-refractivity contribution in [3.63, 3.8) is 0 Å². The van der Waals surface area contributed by atoms with Crippen molar-refractivity contribution in [2.45, 2.75) is 26.1 Å².